The van der Waals surface area contributed by atoms with E-state index in [1.54, 1.807) is 0 Å². The third-order valence-corrected chi connectivity index (χ3v) is 14.3. The summed E-state index contributed by atoms with van der Waals surface area (Å²) in [5.41, 5.74) is 27.7. The van der Waals surface area contributed by atoms with Crippen LogP contribution in [-0.2, 0) is 5.41 Å². The molecule has 13 rings (SSSR count). The van der Waals surface area contributed by atoms with Crippen molar-refractivity contribution in [1.82, 2.24) is 0 Å². The minimum absolute atomic E-state index is 0.0204. The van der Waals surface area contributed by atoms with Crippen LogP contribution in [0.15, 0.2) is 194 Å². The van der Waals surface area contributed by atoms with Gasteiger partial charge in [0, 0.05) is 34.1 Å². The smallest absolute Gasteiger partial charge is 0.248 e. The summed E-state index contributed by atoms with van der Waals surface area (Å²) in [6, 6.07) is 70.5. The van der Waals surface area contributed by atoms with Crippen molar-refractivity contribution in [3.8, 4) is 44.5 Å². The lowest BCUT2D eigenvalue weighted by Crippen LogP contribution is -2.58. The molecule has 0 aliphatic carbocycles. The zero-order valence-electron chi connectivity index (χ0n) is 36.9. The first-order chi connectivity index (χ1) is 31.2. The zero-order chi connectivity index (χ0) is 43.0. The van der Waals surface area contributed by atoms with E-state index < -0.39 is 0 Å². The average molecular weight is 804 g/mol. The fourth-order valence-corrected chi connectivity index (χ4v) is 11.4. The molecule has 4 aliphatic rings. The predicted molar refractivity (Wildman–Crippen MR) is 270 cm³/mol. The number of aryl methyl sites for hydroxylation is 1. The van der Waals surface area contributed by atoms with Gasteiger partial charge in [0.1, 0.15) is 0 Å². The van der Waals surface area contributed by atoms with E-state index >= 15 is 0 Å². The van der Waals surface area contributed by atoms with Gasteiger partial charge >= 0.3 is 0 Å². The van der Waals surface area contributed by atoms with E-state index in [-0.39, 0.29) is 18.8 Å². The van der Waals surface area contributed by atoms with Gasteiger partial charge in [-0.1, -0.05) is 177 Å². The molecule has 4 heteroatoms. The standard InChI is InChI=1S/C59H44B2N2/c1-37-14-8-9-17-44(37)40-26-31-43(32-27-40)63-53-22-12-19-46-45-18-10-11-21-49(45)60(57(46)53)51-35-56-52(36-55(51)63)61-50-33-28-41(59(2,3)4)34-48(50)47-20-13-23-54(58(47)61)62(56)42-29-24-39(25-30-42)38-15-6-5-7-16-38/h5-36H,1-4H3/i15D. The van der Waals surface area contributed by atoms with E-state index in [9.17, 15) is 0 Å². The largest absolute Gasteiger partial charge is 0.312 e. The van der Waals surface area contributed by atoms with Crippen LogP contribution in [0.4, 0.5) is 34.1 Å². The molecule has 0 N–H and O–H groups in total. The Morgan fingerprint density at radius 1 is 0.397 bits per heavy atom. The molecule has 9 aromatic rings. The van der Waals surface area contributed by atoms with E-state index in [0.29, 0.717) is 6.04 Å². The summed E-state index contributed by atoms with van der Waals surface area (Å²) in [4.78, 5) is 5.08. The molecule has 0 radical (unpaired) electrons. The molecule has 2 nitrogen and oxygen atoms in total. The SMILES string of the molecule is [2H]c1ccccc1-c1ccc(N2c3cc4c(cc3B3c5ccc(C(C)(C)C)cc5-c5cccc2c53)N(c2ccc(-c3ccccc3C)cc2)c2cccc3c2B4c2ccccc2-3)cc1. The number of nitrogens with zero attached hydrogens (tertiary/aromatic N) is 2. The Morgan fingerprint density at radius 3 is 1.56 bits per heavy atom. The summed E-state index contributed by atoms with van der Waals surface area (Å²) in [6.45, 7) is 9.29. The highest BCUT2D eigenvalue weighted by Gasteiger charge is 2.47. The number of anilines is 6. The number of benzene rings is 9. The highest BCUT2D eigenvalue weighted by Crippen LogP contribution is 2.46. The van der Waals surface area contributed by atoms with E-state index in [2.05, 4.69) is 201 Å². The van der Waals surface area contributed by atoms with E-state index in [1.807, 2.05) is 24.3 Å². The quantitative estimate of drug-likeness (QED) is 0.164. The monoisotopic (exact) mass is 803 g/mol. The number of hydrogen-bond donors (Lipinski definition) is 0. The summed E-state index contributed by atoms with van der Waals surface area (Å²) in [7, 11) is 0. The van der Waals surface area contributed by atoms with Crippen LogP contribution >= 0.6 is 0 Å². The Balaban J connectivity index is 1.08. The van der Waals surface area contributed by atoms with Gasteiger partial charge in [-0.3, -0.25) is 0 Å². The normalized spacial score (nSPS) is 13.8. The Kier molecular flexibility index (Phi) is 7.49. The molecule has 0 fully saturated rings. The van der Waals surface area contributed by atoms with Crippen LogP contribution in [0, 0.1) is 6.92 Å². The lowest BCUT2D eigenvalue weighted by molar-refractivity contribution is 0.590. The Morgan fingerprint density at radius 2 is 0.937 bits per heavy atom. The fourth-order valence-electron chi connectivity index (χ4n) is 11.4. The maximum atomic E-state index is 8.68. The molecule has 0 saturated carbocycles. The molecule has 63 heavy (non-hydrogen) atoms. The summed E-state index contributed by atoms with van der Waals surface area (Å²) < 4.78 is 8.68. The van der Waals surface area contributed by atoms with Gasteiger partial charge in [0.25, 0.3) is 0 Å². The van der Waals surface area contributed by atoms with Crippen molar-refractivity contribution in [2.75, 3.05) is 9.80 Å². The fraction of sp³-hybridized carbons (Fsp3) is 0.0847. The van der Waals surface area contributed by atoms with E-state index in [1.165, 1.54) is 100 Å². The first-order valence-electron chi connectivity index (χ1n) is 22.8. The number of rotatable bonds is 4. The topological polar surface area (TPSA) is 6.48 Å². The Hall–Kier alpha value is -7.29. The molecule has 0 aromatic heterocycles. The van der Waals surface area contributed by atoms with Crippen molar-refractivity contribution >= 4 is 80.3 Å². The van der Waals surface area contributed by atoms with Crippen molar-refractivity contribution in [2.45, 2.75) is 33.1 Å². The van der Waals surface area contributed by atoms with Crippen molar-refractivity contribution in [2.24, 2.45) is 0 Å². The van der Waals surface area contributed by atoms with Gasteiger partial charge in [-0.05, 0) is 138 Å². The van der Waals surface area contributed by atoms with E-state index in [0.717, 1.165) is 22.5 Å². The molecule has 296 valence electrons. The molecule has 0 saturated heterocycles. The van der Waals surface area contributed by atoms with Crippen LogP contribution in [-0.4, -0.2) is 13.4 Å². The van der Waals surface area contributed by atoms with Crippen LogP contribution in [0.5, 0.6) is 0 Å². The van der Waals surface area contributed by atoms with Crippen LogP contribution in [0.1, 0.15) is 33.3 Å². The van der Waals surface area contributed by atoms with Crippen molar-refractivity contribution < 1.29 is 1.37 Å². The highest BCUT2D eigenvalue weighted by atomic mass is 15.2. The van der Waals surface area contributed by atoms with Gasteiger partial charge in [0.05, 0.1) is 1.37 Å². The maximum absolute atomic E-state index is 8.68. The summed E-state index contributed by atoms with van der Waals surface area (Å²) >= 11 is 0. The molecule has 0 amide bonds. The molecule has 0 unspecified atom stereocenters. The van der Waals surface area contributed by atoms with Gasteiger partial charge in [0.2, 0.25) is 13.4 Å². The van der Waals surface area contributed by atoms with Gasteiger partial charge in [-0.2, -0.15) is 0 Å². The average Bonchev–Trinajstić information content (AvgIpc) is 3.84. The lowest BCUT2D eigenvalue weighted by atomic mass is 9.34. The van der Waals surface area contributed by atoms with Crippen molar-refractivity contribution in [3.05, 3.63) is 205 Å². The molecule has 9 aromatic carbocycles. The maximum Gasteiger partial charge on any atom is 0.248 e. The number of fused-ring (bicyclic) bond motifs is 10. The van der Waals surface area contributed by atoms with Crippen LogP contribution < -0.4 is 42.6 Å². The van der Waals surface area contributed by atoms with Crippen LogP contribution in [0.25, 0.3) is 44.5 Å². The summed E-state index contributed by atoms with van der Waals surface area (Å²) in [5.74, 6) is 0. The van der Waals surface area contributed by atoms with E-state index in [4.69, 9.17) is 1.37 Å². The number of hydrogen-bond acceptors (Lipinski definition) is 2. The molecule has 0 atom stereocenters. The first kappa shape index (κ1) is 35.3. The molecule has 4 aliphatic heterocycles. The van der Waals surface area contributed by atoms with Gasteiger partial charge in [0.15, 0.2) is 0 Å². The minimum Gasteiger partial charge on any atom is -0.312 e. The predicted octanol–water partition coefficient (Wildman–Crippen LogP) is 11.2. The van der Waals surface area contributed by atoms with Crippen molar-refractivity contribution in [3.63, 3.8) is 0 Å². The van der Waals surface area contributed by atoms with Gasteiger partial charge < -0.3 is 9.80 Å². The Bertz CT molecular complexity index is 3420. The third kappa shape index (κ3) is 5.28. The lowest BCUT2D eigenvalue weighted by Gasteiger charge is -2.41. The van der Waals surface area contributed by atoms with Crippen LogP contribution in [0.3, 0.4) is 0 Å². The second kappa shape index (κ2) is 13.4. The minimum atomic E-state index is 0.0204. The molecule has 0 bridgehead atoms. The molecular formula is C59H44B2N2. The van der Waals surface area contributed by atoms with Crippen molar-refractivity contribution in [1.29, 1.82) is 0 Å². The van der Waals surface area contributed by atoms with Gasteiger partial charge in [-0.15, -0.1) is 0 Å². The third-order valence-electron chi connectivity index (χ3n) is 14.3. The second-order valence-corrected chi connectivity index (χ2v) is 18.8. The first-order valence-corrected chi connectivity index (χ1v) is 22.3. The molecule has 0 spiro atoms. The Labute approximate surface area is 372 Å². The summed E-state index contributed by atoms with van der Waals surface area (Å²) in [5, 5.41) is 0. The second-order valence-electron chi connectivity index (χ2n) is 18.8. The zero-order valence-corrected chi connectivity index (χ0v) is 35.9. The highest BCUT2D eigenvalue weighted by molar-refractivity contribution is 7.03. The molecule has 4 heterocycles. The molecular weight excluding hydrogens is 758 g/mol. The summed E-state index contributed by atoms with van der Waals surface area (Å²) in [6.07, 6.45) is 0. The van der Waals surface area contributed by atoms with Crippen LogP contribution in [0.2, 0.25) is 0 Å². The van der Waals surface area contributed by atoms with Gasteiger partial charge in [-0.25, -0.2) is 0 Å².